The molecule has 0 bridgehead atoms. The molecule has 3 fully saturated rings. The smallest absolute Gasteiger partial charge is 0.344 e. The molecular weight excluding hydrogens is 743 g/mol. The van der Waals surface area contributed by atoms with Crippen molar-refractivity contribution in [2.24, 2.45) is 17.8 Å². The van der Waals surface area contributed by atoms with Gasteiger partial charge in [-0.15, -0.1) is 0 Å². The van der Waals surface area contributed by atoms with E-state index < -0.39 is 23.1 Å². The zero-order valence-electron chi connectivity index (χ0n) is 34.8. The van der Waals surface area contributed by atoms with Crippen molar-refractivity contribution >= 4 is 40.0 Å². The summed E-state index contributed by atoms with van der Waals surface area (Å²) < 4.78 is 20.7. The first-order valence-corrected chi connectivity index (χ1v) is 21.5. The Balaban J connectivity index is 1.18. The summed E-state index contributed by atoms with van der Waals surface area (Å²) in [4.78, 5) is 51.1. The fourth-order valence-corrected chi connectivity index (χ4v) is 10.4. The number of unbranched alkanes of at least 4 members (excludes halogenated alkanes) is 3. The number of nitrogens with one attached hydrogen (secondary N) is 2. The van der Waals surface area contributed by atoms with Crippen molar-refractivity contribution in [3.05, 3.63) is 101 Å². The van der Waals surface area contributed by atoms with E-state index in [1.54, 1.807) is 12.1 Å². The molecule has 0 radical (unpaired) electrons. The van der Waals surface area contributed by atoms with Gasteiger partial charge in [0, 0.05) is 5.92 Å². The highest BCUT2D eigenvalue weighted by atomic mass is 16.6. The maximum absolute atomic E-state index is 14.4. The number of hydrogen-bond donors (Lipinski definition) is 2. The lowest BCUT2D eigenvalue weighted by Gasteiger charge is -2.60. The van der Waals surface area contributed by atoms with Gasteiger partial charge in [-0.2, -0.15) is 0 Å². The van der Waals surface area contributed by atoms with Crippen LogP contribution in [0.1, 0.15) is 136 Å². The van der Waals surface area contributed by atoms with Gasteiger partial charge in [-0.1, -0.05) is 107 Å². The van der Waals surface area contributed by atoms with E-state index in [0.29, 0.717) is 41.3 Å². The van der Waals surface area contributed by atoms with E-state index >= 15 is 0 Å². The summed E-state index contributed by atoms with van der Waals surface area (Å²) in [6, 6.07) is 20.8. The summed E-state index contributed by atoms with van der Waals surface area (Å²) in [5, 5.41) is 8.27. The molecule has 2 aromatic heterocycles. The minimum Gasteiger partial charge on any atom is -0.475 e. The van der Waals surface area contributed by atoms with Crippen molar-refractivity contribution in [1.82, 2.24) is 19.9 Å². The lowest BCUT2D eigenvalue weighted by Crippen LogP contribution is -2.84. The molecule has 5 aromatic rings. The third-order valence-electron chi connectivity index (χ3n) is 13.3. The Morgan fingerprint density at radius 1 is 0.966 bits per heavy atom. The molecular formula is C48H55N5O6. The molecule has 1 amide bonds. The van der Waals surface area contributed by atoms with Crippen LogP contribution in [0.4, 0.5) is 5.69 Å². The van der Waals surface area contributed by atoms with Crippen LogP contribution in [0.3, 0.4) is 0 Å². The summed E-state index contributed by atoms with van der Waals surface area (Å²) in [7, 11) is 0. The number of H-pyrrole nitrogens is 1. The highest BCUT2D eigenvalue weighted by molar-refractivity contribution is 6.08. The van der Waals surface area contributed by atoms with Gasteiger partial charge < -0.3 is 19.5 Å². The number of aromatic nitrogens is 3. The van der Waals surface area contributed by atoms with Gasteiger partial charge in [-0.05, 0) is 98.6 Å². The molecule has 3 aliphatic rings. The molecule has 59 heavy (non-hydrogen) atoms. The number of β-lactam (4-membered cyclic amide) rings is 1. The Labute approximate surface area is 346 Å². The number of benzene rings is 3. The van der Waals surface area contributed by atoms with Gasteiger partial charge in [-0.3, -0.25) is 9.89 Å². The van der Waals surface area contributed by atoms with E-state index in [4.69, 9.17) is 25.8 Å². The van der Waals surface area contributed by atoms with E-state index in [9.17, 15) is 14.4 Å². The van der Waals surface area contributed by atoms with Crippen LogP contribution in [0.25, 0.3) is 21.3 Å². The number of amides is 1. The Morgan fingerprint density at radius 3 is 2.44 bits per heavy atom. The molecule has 8 rings (SSSR count). The molecule has 5 unspecified atom stereocenters. The number of carbonyl (C=O) groups is 3. The van der Waals surface area contributed by atoms with Crippen molar-refractivity contribution in [2.75, 3.05) is 0 Å². The fraction of sp³-hybridized carbons (Fsp3) is 0.479. The molecule has 11 heteroatoms. The lowest BCUT2D eigenvalue weighted by atomic mass is 9.59. The van der Waals surface area contributed by atoms with E-state index in [1.807, 2.05) is 61.5 Å². The SMILES string of the molecule is [C-]#[N+]c1c(C(=O)OC2C(C)CC(C)CC2C)c2nc(C3CCCC4(C3)NC(=O)C4(CCCCCC)Oc3ccc(C)cc3)[nH]n2c1OC(=O)c1cccc2ccccc12. The van der Waals surface area contributed by atoms with Gasteiger partial charge in [0.15, 0.2) is 5.65 Å². The lowest BCUT2D eigenvalue weighted by molar-refractivity contribution is -0.177. The minimum atomic E-state index is -1.06. The van der Waals surface area contributed by atoms with Crippen LogP contribution in [-0.2, 0) is 9.53 Å². The van der Waals surface area contributed by atoms with Crippen molar-refractivity contribution in [3.8, 4) is 11.6 Å². The maximum atomic E-state index is 14.4. The Morgan fingerprint density at radius 2 is 1.71 bits per heavy atom. The predicted octanol–water partition coefficient (Wildman–Crippen LogP) is 10.4. The molecule has 1 spiro atoms. The first kappa shape index (κ1) is 40.2. The standard InChI is InChI=1S/C48H55N5O6/c1-7-8-9-12-25-48(59-35-22-20-29(2)21-23-35)46(56)51-47(48)24-14-17-34(28-47)41-50-42-38(45(55)57-40-31(4)26-30(3)27-32(40)5)39(49-6)43(53(42)52-41)58-44(54)37-19-13-16-33-15-10-11-18-36(33)37/h10-11,13,15-16,18-23,30-32,34,40H,7-9,12,14,17,24-28H2,1-5H3,(H,50,52)(H,51,56). The van der Waals surface area contributed by atoms with Crippen LogP contribution in [0, 0.1) is 31.2 Å². The number of aryl methyl sites for hydroxylation is 1. The molecule has 2 N–H and O–H groups in total. The molecule has 2 aliphatic carbocycles. The van der Waals surface area contributed by atoms with Crippen LogP contribution in [-0.4, -0.2) is 49.7 Å². The minimum absolute atomic E-state index is 0.0308. The van der Waals surface area contributed by atoms with Gasteiger partial charge >= 0.3 is 11.9 Å². The predicted molar refractivity (Wildman–Crippen MR) is 226 cm³/mol. The molecule has 3 aromatic carbocycles. The second-order valence-corrected chi connectivity index (χ2v) is 17.6. The summed E-state index contributed by atoms with van der Waals surface area (Å²) >= 11 is 0. The second-order valence-electron chi connectivity index (χ2n) is 17.6. The quantitative estimate of drug-likeness (QED) is 0.0557. The second kappa shape index (κ2) is 16.2. The Kier molecular flexibility index (Phi) is 11.0. The number of hydrogen-bond acceptors (Lipinski definition) is 7. The van der Waals surface area contributed by atoms with E-state index in [1.165, 1.54) is 4.52 Å². The molecule has 1 aliphatic heterocycles. The molecule has 2 saturated carbocycles. The van der Waals surface area contributed by atoms with Crippen LogP contribution >= 0.6 is 0 Å². The van der Waals surface area contributed by atoms with Gasteiger partial charge in [0.1, 0.15) is 23.2 Å². The topological polar surface area (TPSA) is 128 Å². The normalized spacial score (nSPS) is 26.6. The summed E-state index contributed by atoms with van der Waals surface area (Å²) in [6.45, 7) is 18.9. The average molecular weight is 798 g/mol. The van der Waals surface area contributed by atoms with E-state index in [0.717, 1.165) is 68.7 Å². The van der Waals surface area contributed by atoms with Crippen LogP contribution < -0.4 is 14.8 Å². The van der Waals surface area contributed by atoms with Gasteiger partial charge in [-0.25, -0.2) is 23.9 Å². The maximum Gasteiger partial charge on any atom is 0.344 e. The number of esters is 2. The summed E-state index contributed by atoms with van der Waals surface area (Å²) in [5.74, 6) is 0.280. The number of fused-ring (bicyclic) bond motifs is 2. The summed E-state index contributed by atoms with van der Waals surface area (Å²) in [5.41, 5.74) is -0.268. The van der Waals surface area contributed by atoms with E-state index in [-0.39, 0.29) is 52.5 Å². The van der Waals surface area contributed by atoms with Crippen LogP contribution in [0.2, 0.25) is 0 Å². The largest absolute Gasteiger partial charge is 0.475 e. The van der Waals surface area contributed by atoms with Crippen molar-refractivity contribution in [3.63, 3.8) is 0 Å². The van der Waals surface area contributed by atoms with Crippen molar-refractivity contribution in [2.45, 2.75) is 128 Å². The molecule has 1 saturated heterocycles. The van der Waals surface area contributed by atoms with Crippen molar-refractivity contribution < 1.29 is 28.6 Å². The van der Waals surface area contributed by atoms with Crippen LogP contribution in [0.15, 0.2) is 66.7 Å². The van der Waals surface area contributed by atoms with Gasteiger partial charge in [0.05, 0.1) is 17.7 Å². The number of nitrogens with zero attached hydrogens (tertiary/aromatic N) is 3. The van der Waals surface area contributed by atoms with Gasteiger partial charge in [0.25, 0.3) is 11.6 Å². The number of rotatable bonds is 12. The highest BCUT2D eigenvalue weighted by Crippen LogP contribution is 2.52. The third kappa shape index (κ3) is 7.25. The number of aromatic amines is 1. The fourth-order valence-electron chi connectivity index (χ4n) is 10.4. The average Bonchev–Trinajstić information content (AvgIpc) is 3.78. The third-order valence-corrected chi connectivity index (χ3v) is 13.3. The zero-order chi connectivity index (χ0) is 41.5. The highest BCUT2D eigenvalue weighted by Gasteiger charge is 2.68. The Bertz CT molecular complexity index is 2410. The molecule has 308 valence electrons. The number of carbonyl (C=O) groups excluding carboxylic acids is 3. The Hall–Kier alpha value is -5.63. The number of ether oxygens (including phenoxy) is 3. The molecule has 3 heterocycles. The zero-order valence-corrected chi connectivity index (χ0v) is 34.8. The monoisotopic (exact) mass is 797 g/mol. The van der Waals surface area contributed by atoms with Crippen LogP contribution in [0.5, 0.6) is 11.6 Å². The molecule has 11 nitrogen and oxygen atoms in total. The van der Waals surface area contributed by atoms with Crippen molar-refractivity contribution in [1.29, 1.82) is 0 Å². The first-order chi connectivity index (χ1) is 28.5. The molecule has 5 atom stereocenters. The summed E-state index contributed by atoms with van der Waals surface area (Å²) in [6.07, 6.45) is 9.00. The van der Waals surface area contributed by atoms with Gasteiger partial charge in [0.2, 0.25) is 11.5 Å². The van der Waals surface area contributed by atoms with E-state index in [2.05, 4.69) is 43.0 Å². The first-order valence-electron chi connectivity index (χ1n) is 21.5.